The largest absolute Gasteiger partial charge is 0.496 e. The van der Waals surface area contributed by atoms with Crippen molar-refractivity contribution >= 4 is 17.2 Å². The summed E-state index contributed by atoms with van der Waals surface area (Å²) in [5, 5.41) is 0. The van der Waals surface area contributed by atoms with Crippen LogP contribution in [0.2, 0.25) is 0 Å². The number of hydrogen-bond donors (Lipinski definition) is 1. The highest BCUT2D eigenvalue weighted by Crippen LogP contribution is 2.21. The van der Waals surface area contributed by atoms with Crippen LogP contribution in [-0.2, 0) is 6.54 Å². The summed E-state index contributed by atoms with van der Waals surface area (Å²) in [6.45, 7) is 4.25. The summed E-state index contributed by atoms with van der Waals surface area (Å²) in [6, 6.07) is 6.02. The highest BCUT2D eigenvalue weighted by Gasteiger charge is 2.08. The average Bonchev–Trinajstić information content (AvgIpc) is 2.38. The van der Waals surface area contributed by atoms with Crippen LogP contribution in [0.5, 0.6) is 5.75 Å². The van der Waals surface area contributed by atoms with Crippen molar-refractivity contribution in [3.63, 3.8) is 0 Å². The van der Waals surface area contributed by atoms with Crippen molar-refractivity contribution < 1.29 is 4.74 Å². The first kappa shape index (κ1) is 15.9. The van der Waals surface area contributed by atoms with Crippen molar-refractivity contribution in [1.29, 1.82) is 0 Å². The third kappa shape index (κ3) is 5.17. The van der Waals surface area contributed by atoms with Gasteiger partial charge in [0, 0.05) is 6.54 Å². The van der Waals surface area contributed by atoms with Gasteiger partial charge in [0.05, 0.1) is 12.7 Å². The maximum atomic E-state index is 5.66. The lowest BCUT2D eigenvalue weighted by Gasteiger charge is -2.17. The van der Waals surface area contributed by atoms with Gasteiger partial charge in [0.1, 0.15) is 10.7 Å². The van der Waals surface area contributed by atoms with Gasteiger partial charge in [-0.1, -0.05) is 38.0 Å². The van der Waals surface area contributed by atoms with Gasteiger partial charge >= 0.3 is 0 Å². The van der Waals surface area contributed by atoms with E-state index in [9.17, 15) is 0 Å². The van der Waals surface area contributed by atoms with Crippen LogP contribution >= 0.6 is 12.2 Å². The highest BCUT2D eigenvalue weighted by atomic mass is 32.1. The lowest BCUT2D eigenvalue weighted by atomic mass is 10.1. The first-order chi connectivity index (χ1) is 9.08. The van der Waals surface area contributed by atoms with Gasteiger partial charge in [0.2, 0.25) is 0 Å². The minimum atomic E-state index is 0.375. The molecule has 1 aromatic rings. The third-order valence-electron chi connectivity index (χ3n) is 3.13. The normalized spacial score (nSPS) is 10.7. The Bertz CT molecular complexity index is 421. The molecule has 0 fully saturated rings. The van der Waals surface area contributed by atoms with E-state index >= 15 is 0 Å². The Balaban J connectivity index is 2.66. The van der Waals surface area contributed by atoms with Crippen molar-refractivity contribution in [3.05, 3.63) is 29.3 Å². The minimum Gasteiger partial charge on any atom is -0.496 e. The number of methoxy groups -OCH3 is 1. The number of unbranched alkanes of at least 4 members (excludes halogenated alkanes) is 2. The molecule has 0 saturated heterocycles. The maximum Gasteiger partial charge on any atom is 0.129 e. The molecule has 4 heteroatoms. The predicted molar refractivity (Wildman–Crippen MR) is 84.7 cm³/mol. The third-order valence-corrected chi connectivity index (χ3v) is 3.35. The van der Waals surface area contributed by atoms with Crippen molar-refractivity contribution in [2.45, 2.75) is 32.7 Å². The summed E-state index contributed by atoms with van der Waals surface area (Å²) in [7, 11) is 3.79. The summed E-state index contributed by atoms with van der Waals surface area (Å²) < 4.78 is 5.34. The molecule has 0 spiro atoms. The monoisotopic (exact) mass is 280 g/mol. The lowest BCUT2D eigenvalue weighted by molar-refractivity contribution is 0.317. The van der Waals surface area contributed by atoms with Gasteiger partial charge in [0.15, 0.2) is 0 Å². The van der Waals surface area contributed by atoms with Gasteiger partial charge in [-0.3, -0.25) is 0 Å². The first-order valence-corrected chi connectivity index (χ1v) is 7.14. The average molecular weight is 280 g/mol. The quantitative estimate of drug-likeness (QED) is 0.587. The van der Waals surface area contributed by atoms with Crippen LogP contribution in [0.25, 0.3) is 0 Å². The molecule has 3 nitrogen and oxygen atoms in total. The number of thiocarbonyl (C=S) groups is 1. The summed E-state index contributed by atoms with van der Waals surface area (Å²) in [4.78, 5) is 2.70. The molecule has 0 bridgehead atoms. The predicted octanol–water partition coefficient (Wildman–Crippen LogP) is 2.95. The van der Waals surface area contributed by atoms with Gasteiger partial charge in [-0.25, -0.2) is 0 Å². The maximum absolute atomic E-state index is 5.66. The van der Waals surface area contributed by atoms with Crippen molar-refractivity contribution in [3.8, 4) is 5.75 Å². The van der Waals surface area contributed by atoms with Gasteiger partial charge in [-0.05, 0) is 37.7 Å². The van der Waals surface area contributed by atoms with E-state index in [1.165, 1.54) is 24.8 Å². The number of benzene rings is 1. The van der Waals surface area contributed by atoms with E-state index in [0.29, 0.717) is 4.99 Å². The molecular formula is C15H24N2OS. The molecule has 1 aromatic carbocycles. The van der Waals surface area contributed by atoms with Gasteiger partial charge in [-0.15, -0.1) is 0 Å². The topological polar surface area (TPSA) is 38.5 Å². The zero-order valence-electron chi connectivity index (χ0n) is 12.1. The Kier molecular flexibility index (Phi) is 6.81. The van der Waals surface area contributed by atoms with Gasteiger partial charge < -0.3 is 15.4 Å². The Morgan fingerprint density at radius 3 is 2.68 bits per heavy atom. The fraction of sp³-hybridized carbons (Fsp3) is 0.533. The molecule has 0 aromatic heterocycles. The Labute approximate surface area is 121 Å². The Hall–Kier alpha value is -1.13. The zero-order valence-corrected chi connectivity index (χ0v) is 12.9. The lowest BCUT2D eigenvalue weighted by Crippen LogP contribution is -2.19. The number of nitrogens with two attached hydrogens (primary N) is 1. The molecule has 0 saturated carbocycles. The smallest absolute Gasteiger partial charge is 0.129 e. The van der Waals surface area contributed by atoms with Gasteiger partial charge in [0.25, 0.3) is 0 Å². The van der Waals surface area contributed by atoms with Gasteiger partial charge in [-0.2, -0.15) is 0 Å². The molecule has 2 N–H and O–H groups in total. The second-order valence-electron chi connectivity index (χ2n) is 4.84. The van der Waals surface area contributed by atoms with Crippen LogP contribution in [0, 0.1) is 0 Å². The molecule has 0 aliphatic carbocycles. The molecule has 0 unspecified atom stereocenters. The van der Waals surface area contributed by atoms with Crippen LogP contribution in [0.3, 0.4) is 0 Å². The van der Waals surface area contributed by atoms with E-state index in [1.807, 2.05) is 12.1 Å². The fourth-order valence-electron chi connectivity index (χ4n) is 2.06. The van der Waals surface area contributed by atoms with Crippen LogP contribution in [-0.4, -0.2) is 30.6 Å². The van der Waals surface area contributed by atoms with E-state index < -0.39 is 0 Å². The molecule has 0 heterocycles. The molecular weight excluding hydrogens is 256 g/mol. The summed E-state index contributed by atoms with van der Waals surface area (Å²) in [6.07, 6.45) is 3.79. The second-order valence-corrected chi connectivity index (χ2v) is 5.28. The molecule has 0 atom stereocenters. The number of hydrogen-bond acceptors (Lipinski definition) is 3. The van der Waals surface area contributed by atoms with Crippen molar-refractivity contribution in [1.82, 2.24) is 4.90 Å². The molecule has 0 amide bonds. The van der Waals surface area contributed by atoms with Crippen LogP contribution in [0.4, 0.5) is 0 Å². The minimum absolute atomic E-state index is 0.375. The van der Waals surface area contributed by atoms with E-state index in [0.717, 1.165) is 24.4 Å². The summed E-state index contributed by atoms with van der Waals surface area (Å²) in [5.41, 5.74) is 7.68. The molecule has 0 aliphatic heterocycles. The van der Waals surface area contributed by atoms with Crippen LogP contribution in [0.1, 0.15) is 37.3 Å². The summed E-state index contributed by atoms with van der Waals surface area (Å²) in [5.74, 6) is 0.756. The Morgan fingerprint density at radius 1 is 1.37 bits per heavy atom. The SMILES string of the molecule is CCCCCN(C)Cc1ccc(C(N)=S)c(OC)c1. The number of nitrogens with zero attached hydrogens (tertiary/aromatic N) is 1. The number of ether oxygens (including phenoxy) is 1. The van der Waals surface area contributed by atoms with E-state index in [1.54, 1.807) is 7.11 Å². The molecule has 0 radical (unpaired) electrons. The zero-order chi connectivity index (χ0) is 14.3. The molecule has 19 heavy (non-hydrogen) atoms. The van der Waals surface area contributed by atoms with Crippen molar-refractivity contribution in [2.24, 2.45) is 5.73 Å². The highest BCUT2D eigenvalue weighted by molar-refractivity contribution is 7.80. The van der Waals surface area contributed by atoms with Crippen LogP contribution in [0.15, 0.2) is 18.2 Å². The Morgan fingerprint density at radius 2 is 2.11 bits per heavy atom. The molecule has 1 rings (SSSR count). The standard InChI is InChI=1S/C15H24N2OS/c1-4-5-6-9-17(2)11-12-7-8-13(15(16)19)14(10-12)18-3/h7-8,10H,4-6,9,11H2,1-3H3,(H2,16,19). The summed E-state index contributed by atoms with van der Waals surface area (Å²) >= 11 is 5.00. The van der Waals surface area contributed by atoms with Crippen molar-refractivity contribution in [2.75, 3.05) is 20.7 Å². The van der Waals surface area contributed by atoms with Crippen LogP contribution < -0.4 is 10.5 Å². The molecule has 106 valence electrons. The van der Waals surface area contributed by atoms with E-state index in [-0.39, 0.29) is 0 Å². The second kappa shape index (κ2) is 8.12. The fourth-order valence-corrected chi connectivity index (χ4v) is 2.23. The van der Waals surface area contributed by atoms with E-state index in [2.05, 4.69) is 24.9 Å². The molecule has 0 aliphatic rings. The first-order valence-electron chi connectivity index (χ1n) is 6.73. The van der Waals surface area contributed by atoms with E-state index in [4.69, 9.17) is 22.7 Å². The number of rotatable bonds is 8.